The molecule has 270 valence electrons. The van der Waals surface area contributed by atoms with Gasteiger partial charge < -0.3 is 4.57 Å². The van der Waals surface area contributed by atoms with Crippen molar-refractivity contribution in [2.24, 2.45) is 0 Å². The average molecular weight is 743 g/mol. The first-order valence-corrected chi connectivity index (χ1v) is 18.9. The summed E-state index contributed by atoms with van der Waals surface area (Å²) in [5.41, 5.74) is 12.0. The van der Waals surface area contributed by atoms with Gasteiger partial charge in [0.2, 0.25) is 0 Å². The lowest BCUT2D eigenvalue weighted by Gasteiger charge is -2.22. The van der Waals surface area contributed by atoms with Crippen molar-refractivity contribution in [3.8, 4) is 62.3 Å². The maximum Gasteiger partial charge on any atom is 0.268 e. The third kappa shape index (κ3) is 5.48. The summed E-state index contributed by atoms with van der Waals surface area (Å²) in [5.74, 6) is -0.791. The molecule has 0 fully saturated rings. The minimum Gasteiger partial charge on any atom is -0.308 e. The number of aromatic nitrogens is 1. The van der Waals surface area contributed by atoms with E-state index in [2.05, 4.69) is 53.1 Å². The summed E-state index contributed by atoms with van der Waals surface area (Å²) in [7, 11) is 0. The molecule has 6 heteroatoms. The standard InChI is InChI=1S/C52H30N4O2/c53-31-33-17-21-35(22-18-33)39-25-27-42-43-28-26-40(36-23-19-34(32-54)20-24-36)30-48(43)55(47(42)29-39)46-16-8-14-44-50(46)52(58)56(51(44)57)45-15-7-13-41(37-9-3-1-4-10-37)49(45)38-11-5-2-6-12-38/h1-30H. The molecule has 0 unspecified atom stereocenters. The highest BCUT2D eigenvalue weighted by Gasteiger charge is 2.40. The summed E-state index contributed by atoms with van der Waals surface area (Å²) in [4.78, 5) is 31.2. The van der Waals surface area contributed by atoms with E-state index in [1.807, 2.05) is 115 Å². The van der Waals surface area contributed by atoms with Crippen molar-refractivity contribution in [2.45, 2.75) is 0 Å². The lowest BCUT2D eigenvalue weighted by Crippen LogP contribution is -2.30. The number of imide groups is 1. The molecule has 0 bridgehead atoms. The van der Waals surface area contributed by atoms with E-state index in [1.165, 1.54) is 4.90 Å². The Hall–Kier alpha value is -8.32. The van der Waals surface area contributed by atoms with Crippen LogP contribution in [0.5, 0.6) is 0 Å². The summed E-state index contributed by atoms with van der Waals surface area (Å²) in [6.07, 6.45) is 0. The van der Waals surface area contributed by atoms with Crippen LogP contribution in [0.3, 0.4) is 0 Å². The maximum atomic E-state index is 15.2. The number of benzene rings is 8. The lowest BCUT2D eigenvalue weighted by atomic mass is 9.92. The number of amides is 2. The summed E-state index contributed by atoms with van der Waals surface area (Å²) in [6.45, 7) is 0. The van der Waals surface area contributed by atoms with Crippen molar-refractivity contribution >= 4 is 39.3 Å². The second-order valence-corrected chi connectivity index (χ2v) is 14.3. The van der Waals surface area contributed by atoms with Crippen LogP contribution in [0.4, 0.5) is 5.69 Å². The molecule has 6 nitrogen and oxygen atoms in total. The monoisotopic (exact) mass is 742 g/mol. The van der Waals surface area contributed by atoms with Gasteiger partial charge in [-0.2, -0.15) is 10.5 Å². The smallest absolute Gasteiger partial charge is 0.268 e. The topological polar surface area (TPSA) is 89.9 Å². The minimum absolute atomic E-state index is 0.322. The molecule has 2 amide bonds. The summed E-state index contributed by atoms with van der Waals surface area (Å²) in [6, 6.07) is 63.0. The normalized spacial score (nSPS) is 12.1. The van der Waals surface area contributed by atoms with Crippen molar-refractivity contribution in [1.29, 1.82) is 10.5 Å². The molecule has 0 atom stereocenters. The fourth-order valence-electron chi connectivity index (χ4n) is 8.28. The highest BCUT2D eigenvalue weighted by Crippen LogP contribution is 2.44. The summed E-state index contributed by atoms with van der Waals surface area (Å²) in [5, 5.41) is 20.8. The Morgan fingerprint density at radius 1 is 0.379 bits per heavy atom. The molecular formula is C52H30N4O2. The minimum atomic E-state index is -0.403. The number of anilines is 1. The molecular weight excluding hydrogens is 713 g/mol. The molecule has 8 aromatic carbocycles. The number of fused-ring (bicyclic) bond motifs is 4. The molecule has 9 aromatic rings. The van der Waals surface area contributed by atoms with Crippen LogP contribution in [0.2, 0.25) is 0 Å². The molecule has 0 saturated heterocycles. The number of hydrogen-bond donors (Lipinski definition) is 0. The van der Waals surface area contributed by atoms with Crippen molar-refractivity contribution in [2.75, 3.05) is 4.90 Å². The van der Waals surface area contributed by atoms with Gasteiger partial charge in [0.15, 0.2) is 0 Å². The van der Waals surface area contributed by atoms with Crippen LogP contribution in [0, 0.1) is 22.7 Å². The number of carbonyl (C=O) groups is 2. The number of hydrogen-bond acceptors (Lipinski definition) is 4. The second kappa shape index (κ2) is 13.8. The average Bonchev–Trinajstić information content (AvgIpc) is 3.75. The molecule has 0 saturated carbocycles. The number of nitriles is 2. The molecule has 10 rings (SSSR count). The van der Waals surface area contributed by atoms with E-state index in [4.69, 9.17) is 0 Å². The van der Waals surface area contributed by atoms with Gasteiger partial charge in [-0.15, -0.1) is 0 Å². The Morgan fingerprint density at radius 3 is 1.40 bits per heavy atom. The molecule has 1 aromatic heterocycles. The first-order chi connectivity index (χ1) is 28.5. The van der Waals surface area contributed by atoms with Gasteiger partial charge in [-0.25, -0.2) is 4.90 Å². The largest absolute Gasteiger partial charge is 0.308 e. The van der Waals surface area contributed by atoms with E-state index in [-0.39, 0.29) is 5.91 Å². The van der Waals surface area contributed by atoms with Crippen molar-refractivity contribution in [3.05, 3.63) is 204 Å². The van der Waals surface area contributed by atoms with Crippen LogP contribution in [0.15, 0.2) is 182 Å². The fraction of sp³-hybridized carbons (Fsp3) is 0. The number of nitrogens with zero attached hydrogens (tertiary/aromatic N) is 4. The van der Waals surface area contributed by atoms with Gasteiger partial charge in [0.25, 0.3) is 11.8 Å². The molecule has 58 heavy (non-hydrogen) atoms. The Kier molecular flexibility index (Phi) is 8.11. The van der Waals surface area contributed by atoms with E-state index < -0.39 is 5.91 Å². The first-order valence-electron chi connectivity index (χ1n) is 18.9. The van der Waals surface area contributed by atoms with Gasteiger partial charge in [0.1, 0.15) is 0 Å². The van der Waals surface area contributed by atoms with Crippen LogP contribution in [-0.2, 0) is 0 Å². The molecule has 1 aliphatic rings. The van der Waals surface area contributed by atoms with Crippen LogP contribution in [-0.4, -0.2) is 16.4 Å². The van der Waals surface area contributed by atoms with Crippen LogP contribution >= 0.6 is 0 Å². The second-order valence-electron chi connectivity index (χ2n) is 14.3. The highest BCUT2D eigenvalue weighted by atomic mass is 16.2. The fourth-order valence-corrected chi connectivity index (χ4v) is 8.28. The SMILES string of the molecule is N#Cc1ccc(-c2ccc3c4ccc(-c5ccc(C#N)cc5)cc4n(-c4cccc5c4C(=O)N(c4cccc(-c6ccccc6)c4-c4ccccc4)C5=O)c3c2)cc1. The zero-order valence-corrected chi connectivity index (χ0v) is 30.9. The number of carbonyl (C=O) groups excluding carboxylic acids is 2. The summed E-state index contributed by atoms with van der Waals surface area (Å²) < 4.78 is 2.09. The molecule has 1 aliphatic heterocycles. The first kappa shape index (κ1) is 34.2. The highest BCUT2D eigenvalue weighted by molar-refractivity contribution is 6.37. The van der Waals surface area contributed by atoms with E-state index in [9.17, 15) is 15.3 Å². The predicted molar refractivity (Wildman–Crippen MR) is 230 cm³/mol. The molecule has 0 spiro atoms. The van der Waals surface area contributed by atoms with Gasteiger partial charge in [-0.1, -0.05) is 127 Å². The lowest BCUT2D eigenvalue weighted by molar-refractivity contribution is 0.0926. The molecule has 0 radical (unpaired) electrons. The Bertz CT molecular complexity index is 3090. The maximum absolute atomic E-state index is 15.2. The van der Waals surface area contributed by atoms with E-state index in [1.54, 1.807) is 30.3 Å². The molecule has 0 N–H and O–H groups in total. The van der Waals surface area contributed by atoms with Gasteiger partial charge in [-0.05, 0) is 93.5 Å². The van der Waals surface area contributed by atoms with Crippen LogP contribution < -0.4 is 4.90 Å². The third-order valence-corrected chi connectivity index (χ3v) is 11.0. The van der Waals surface area contributed by atoms with Gasteiger partial charge in [0, 0.05) is 16.3 Å². The van der Waals surface area contributed by atoms with Crippen molar-refractivity contribution < 1.29 is 9.59 Å². The van der Waals surface area contributed by atoms with E-state index in [0.717, 1.165) is 66.3 Å². The van der Waals surface area contributed by atoms with E-state index >= 15 is 4.79 Å². The predicted octanol–water partition coefficient (Wildman–Crippen LogP) is 12.0. The van der Waals surface area contributed by atoms with Gasteiger partial charge in [-0.3, -0.25) is 9.59 Å². The van der Waals surface area contributed by atoms with Gasteiger partial charge >= 0.3 is 0 Å². The Balaban J connectivity index is 1.20. The van der Waals surface area contributed by atoms with Gasteiger partial charge in [0.05, 0.1) is 56.8 Å². The number of rotatable bonds is 6. The zero-order chi connectivity index (χ0) is 39.3. The van der Waals surface area contributed by atoms with E-state index in [0.29, 0.717) is 33.6 Å². The zero-order valence-electron chi connectivity index (χ0n) is 30.9. The molecule has 2 heterocycles. The third-order valence-electron chi connectivity index (χ3n) is 11.0. The molecule has 0 aliphatic carbocycles. The van der Waals surface area contributed by atoms with Crippen LogP contribution in [0.1, 0.15) is 31.8 Å². The summed E-state index contributed by atoms with van der Waals surface area (Å²) >= 11 is 0. The van der Waals surface area contributed by atoms with Crippen LogP contribution in [0.25, 0.3) is 72.0 Å². The van der Waals surface area contributed by atoms with Crippen molar-refractivity contribution in [1.82, 2.24) is 4.57 Å². The van der Waals surface area contributed by atoms with Crippen molar-refractivity contribution in [3.63, 3.8) is 0 Å². The Labute approximate surface area is 334 Å². The quantitative estimate of drug-likeness (QED) is 0.159. The Morgan fingerprint density at radius 2 is 0.862 bits per heavy atom.